The summed E-state index contributed by atoms with van der Waals surface area (Å²) in [5.41, 5.74) is -0.448. The second kappa shape index (κ2) is 4.36. The van der Waals surface area contributed by atoms with Crippen molar-refractivity contribution in [3.8, 4) is 0 Å². The minimum absolute atomic E-state index is 0.0741. The molecule has 17 heavy (non-hydrogen) atoms. The van der Waals surface area contributed by atoms with Gasteiger partial charge in [0, 0.05) is 0 Å². The smallest absolute Gasteiger partial charge is 0.419 e. The second-order valence-corrected chi connectivity index (χ2v) is 10.3. The summed E-state index contributed by atoms with van der Waals surface area (Å²) in [5, 5.41) is 0.690. The molecular weight excluding hydrogens is 245 g/mol. The molecule has 0 aromatic carbocycles. The summed E-state index contributed by atoms with van der Waals surface area (Å²) in [6.45, 7) is 8.99. The minimum Gasteiger partial charge on any atom is -0.466 e. The number of furan rings is 1. The molecule has 1 aromatic rings. The Morgan fingerprint density at radius 3 is 1.94 bits per heavy atom. The molecule has 0 saturated heterocycles. The molecule has 0 aliphatic rings. The van der Waals surface area contributed by atoms with Crippen LogP contribution in [0.25, 0.3) is 5.57 Å². The van der Waals surface area contributed by atoms with Crippen molar-refractivity contribution in [1.82, 2.24) is 0 Å². The first kappa shape index (κ1) is 14.1. The van der Waals surface area contributed by atoms with Crippen molar-refractivity contribution >= 4 is 19.0 Å². The first-order valence-electron chi connectivity index (χ1n) is 5.39. The van der Waals surface area contributed by atoms with Crippen LogP contribution in [0, 0.1) is 0 Å². The Kier molecular flexibility index (Phi) is 3.62. The molecule has 1 aromatic heterocycles. The lowest BCUT2D eigenvalue weighted by atomic mass is 10.1. The minimum atomic E-state index is -4.37. The zero-order valence-electron chi connectivity index (χ0n) is 10.7. The summed E-state index contributed by atoms with van der Waals surface area (Å²) in [6.07, 6.45) is -4.37. The molecule has 0 aliphatic carbocycles. The van der Waals surface area contributed by atoms with E-state index in [9.17, 15) is 13.2 Å². The fourth-order valence-electron chi connectivity index (χ4n) is 1.54. The first-order valence-corrected chi connectivity index (χ1v) is 8.89. The van der Waals surface area contributed by atoms with Crippen LogP contribution in [0.3, 0.4) is 0 Å². The molecule has 0 unspecified atom stereocenters. The highest BCUT2D eigenvalue weighted by atomic mass is 28.3. The maximum absolute atomic E-state index is 12.9. The monoisotopic (exact) mass is 262 g/mol. The van der Waals surface area contributed by atoms with Crippen LogP contribution in [0.5, 0.6) is 0 Å². The lowest BCUT2D eigenvalue weighted by molar-refractivity contribution is -0.0704. The summed E-state index contributed by atoms with van der Waals surface area (Å²) in [5.74, 6) is -0.0741. The lowest BCUT2D eigenvalue weighted by Crippen LogP contribution is -2.36. The van der Waals surface area contributed by atoms with Crippen LogP contribution in [0.1, 0.15) is 19.6 Å². The summed E-state index contributed by atoms with van der Waals surface area (Å²) < 4.78 is 43.9. The Morgan fingerprint density at radius 2 is 1.65 bits per heavy atom. The van der Waals surface area contributed by atoms with Gasteiger partial charge in [-0.15, -0.1) is 0 Å². The number of allylic oxidation sites excluding steroid dienone is 2. The highest BCUT2D eigenvalue weighted by Gasteiger charge is 2.38. The molecule has 0 N–H and O–H groups in total. The van der Waals surface area contributed by atoms with Crippen molar-refractivity contribution in [2.45, 2.75) is 39.7 Å². The van der Waals surface area contributed by atoms with E-state index >= 15 is 0 Å². The standard InChI is InChI=1S/C12H17F3OSi/c1-8(2)11(12(13,14)15)9-6-7-10(16-9)17(3,4)5/h6-7H,1-5H3. The third-order valence-electron chi connectivity index (χ3n) is 2.38. The fraction of sp³-hybridized carbons (Fsp3) is 0.500. The topological polar surface area (TPSA) is 13.1 Å². The van der Waals surface area contributed by atoms with Gasteiger partial charge < -0.3 is 4.42 Å². The van der Waals surface area contributed by atoms with Crippen molar-refractivity contribution in [3.63, 3.8) is 0 Å². The largest absolute Gasteiger partial charge is 0.466 e. The van der Waals surface area contributed by atoms with Gasteiger partial charge in [-0.1, -0.05) is 25.2 Å². The van der Waals surface area contributed by atoms with E-state index < -0.39 is 19.8 Å². The molecule has 0 atom stereocenters. The van der Waals surface area contributed by atoms with Crippen LogP contribution in [0.2, 0.25) is 19.6 Å². The van der Waals surface area contributed by atoms with Gasteiger partial charge in [0.2, 0.25) is 0 Å². The van der Waals surface area contributed by atoms with Crippen molar-refractivity contribution in [2.24, 2.45) is 0 Å². The third-order valence-corrected chi connectivity index (χ3v) is 4.12. The normalized spacial score (nSPS) is 12.7. The van der Waals surface area contributed by atoms with E-state index in [0.717, 1.165) is 0 Å². The zero-order chi connectivity index (χ0) is 13.4. The summed E-state index contributed by atoms with van der Waals surface area (Å²) in [4.78, 5) is 0. The molecule has 0 saturated carbocycles. The molecular formula is C12H17F3OSi. The van der Waals surface area contributed by atoms with Gasteiger partial charge in [-0.2, -0.15) is 13.2 Å². The van der Waals surface area contributed by atoms with Crippen LogP contribution in [0.15, 0.2) is 22.1 Å². The molecule has 1 heterocycles. The number of hydrogen-bond acceptors (Lipinski definition) is 1. The highest BCUT2D eigenvalue weighted by Crippen LogP contribution is 2.36. The van der Waals surface area contributed by atoms with Crippen molar-refractivity contribution in [3.05, 3.63) is 23.5 Å². The molecule has 0 amide bonds. The number of hydrogen-bond donors (Lipinski definition) is 0. The van der Waals surface area contributed by atoms with Gasteiger partial charge in [-0.05, 0) is 26.0 Å². The van der Waals surface area contributed by atoms with E-state index in [1.807, 2.05) is 19.6 Å². The van der Waals surface area contributed by atoms with E-state index in [4.69, 9.17) is 4.42 Å². The van der Waals surface area contributed by atoms with E-state index in [0.29, 0.717) is 5.38 Å². The molecule has 0 bridgehead atoms. The summed E-state index contributed by atoms with van der Waals surface area (Å²) >= 11 is 0. The SMILES string of the molecule is CC(C)=C(c1ccc([Si](C)(C)C)o1)C(F)(F)F. The average Bonchev–Trinajstić information content (AvgIpc) is 2.47. The zero-order valence-corrected chi connectivity index (χ0v) is 11.7. The fourth-order valence-corrected chi connectivity index (χ4v) is 2.54. The predicted molar refractivity (Wildman–Crippen MR) is 66.0 cm³/mol. The lowest BCUT2D eigenvalue weighted by Gasteiger charge is -2.14. The Bertz CT molecular complexity index is 431. The van der Waals surface area contributed by atoms with Crippen molar-refractivity contribution in [1.29, 1.82) is 0 Å². The van der Waals surface area contributed by atoms with Gasteiger partial charge in [0.25, 0.3) is 0 Å². The van der Waals surface area contributed by atoms with Crippen LogP contribution >= 0.6 is 0 Å². The van der Waals surface area contributed by atoms with E-state index in [-0.39, 0.29) is 11.3 Å². The Morgan fingerprint density at radius 1 is 1.12 bits per heavy atom. The number of halogens is 3. The van der Waals surface area contributed by atoms with Gasteiger partial charge in [0.1, 0.15) is 13.8 Å². The van der Waals surface area contributed by atoms with Crippen LogP contribution in [-0.4, -0.2) is 14.3 Å². The summed E-state index contributed by atoms with van der Waals surface area (Å²) in [7, 11) is -1.71. The third kappa shape index (κ3) is 3.25. The second-order valence-electron chi connectivity index (χ2n) is 5.29. The van der Waals surface area contributed by atoms with E-state index in [1.54, 1.807) is 6.07 Å². The maximum atomic E-state index is 12.9. The molecule has 0 aliphatic heterocycles. The highest BCUT2D eigenvalue weighted by molar-refractivity contribution is 6.87. The quantitative estimate of drug-likeness (QED) is 0.729. The molecule has 0 fully saturated rings. The number of alkyl halides is 3. The molecule has 96 valence electrons. The molecule has 0 spiro atoms. The Labute approximate surface area is 100 Å². The first-order chi connectivity index (χ1) is 7.53. The average molecular weight is 262 g/mol. The van der Waals surface area contributed by atoms with E-state index in [1.165, 1.54) is 19.9 Å². The Balaban J connectivity index is 3.25. The van der Waals surface area contributed by atoms with Gasteiger partial charge in [0.05, 0.1) is 11.0 Å². The van der Waals surface area contributed by atoms with Gasteiger partial charge in [0.15, 0.2) is 0 Å². The predicted octanol–water partition coefficient (Wildman–Crippen LogP) is 4.18. The van der Waals surface area contributed by atoms with Crippen molar-refractivity contribution < 1.29 is 17.6 Å². The maximum Gasteiger partial charge on any atom is 0.419 e. The van der Waals surface area contributed by atoms with Gasteiger partial charge in [-0.25, -0.2) is 0 Å². The molecule has 0 radical (unpaired) electrons. The molecule has 1 rings (SSSR count). The summed E-state index contributed by atoms with van der Waals surface area (Å²) in [6, 6.07) is 3.08. The molecule has 5 heteroatoms. The van der Waals surface area contributed by atoms with Crippen LogP contribution < -0.4 is 5.38 Å². The van der Waals surface area contributed by atoms with Crippen LogP contribution in [0.4, 0.5) is 13.2 Å². The van der Waals surface area contributed by atoms with E-state index in [2.05, 4.69) is 0 Å². The molecule has 1 nitrogen and oxygen atoms in total. The van der Waals surface area contributed by atoms with Gasteiger partial charge in [-0.3, -0.25) is 0 Å². The Hall–Kier alpha value is -0.973. The van der Waals surface area contributed by atoms with Crippen molar-refractivity contribution in [2.75, 3.05) is 0 Å². The van der Waals surface area contributed by atoms with Gasteiger partial charge >= 0.3 is 6.18 Å². The van der Waals surface area contributed by atoms with Crippen LogP contribution in [-0.2, 0) is 0 Å². The number of rotatable bonds is 2.